The number of nitrogens with zero attached hydrogens (tertiary/aromatic N) is 2. The van der Waals surface area contributed by atoms with Crippen molar-refractivity contribution in [2.24, 2.45) is 0 Å². The lowest BCUT2D eigenvalue weighted by Gasteiger charge is -2.33. The molecule has 41 heavy (non-hydrogen) atoms. The van der Waals surface area contributed by atoms with Crippen LogP contribution in [0.15, 0.2) is 77.7 Å². The van der Waals surface area contributed by atoms with Crippen molar-refractivity contribution in [3.8, 4) is 0 Å². The second kappa shape index (κ2) is 13.9. The highest BCUT2D eigenvalue weighted by molar-refractivity contribution is 7.92. The SMILES string of the molecule is C[C@H](C(=O)NC1CCCCC1)N(Cc1ccccc1Cl)C(=O)CN(c1cc(Cl)cc(Cl)c1)S(=O)(=O)c1ccccc1. The number of carbonyl (C=O) groups is 2. The van der Waals surface area contributed by atoms with Gasteiger partial charge in [-0.1, -0.05) is 90.5 Å². The van der Waals surface area contributed by atoms with Crippen molar-refractivity contribution in [1.29, 1.82) is 0 Å². The van der Waals surface area contributed by atoms with Gasteiger partial charge in [0.15, 0.2) is 0 Å². The molecule has 0 radical (unpaired) electrons. The van der Waals surface area contributed by atoms with Gasteiger partial charge in [-0.15, -0.1) is 0 Å². The number of nitrogens with one attached hydrogen (secondary N) is 1. The minimum absolute atomic E-state index is 0.00723. The molecule has 7 nitrogen and oxygen atoms in total. The number of halogens is 3. The van der Waals surface area contributed by atoms with E-state index in [1.807, 2.05) is 0 Å². The Hall–Kier alpha value is -2.78. The highest BCUT2D eigenvalue weighted by Crippen LogP contribution is 2.30. The third-order valence-corrected chi connectivity index (χ3v) is 9.76. The van der Waals surface area contributed by atoms with Crippen molar-refractivity contribution in [3.05, 3.63) is 93.4 Å². The van der Waals surface area contributed by atoms with Gasteiger partial charge in [0.25, 0.3) is 10.0 Å². The van der Waals surface area contributed by atoms with Gasteiger partial charge in [-0.2, -0.15) is 0 Å². The fraction of sp³-hybridized carbons (Fsp3) is 0.333. The van der Waals surface area contributed by atoms with Gasteiger partial charge in [0.2, 0.25) is 11.8 Å². The number of benzene rings is 3. The van der Waals surface area contributed by atoms with Crippen molar-refractivity contribution in [1.82, 2.24) is 10.2 Å². The number of anilines is 1. The maximum Gasteiger partial charge on any atom is 0.264 e. The Morgan fingerprint density at radius 3 is 2.15 bits per heavy atom. The highest BCUT2D eigenvalue weighted by Gasteiger charge is 2.33. The summed E-state index contributed by atoms with van der Waals surface area (Å²) in [5.41, 5.74) is 0.750. The first-order chi connectivity index (χ1) is 19.6. The lowest BCUT2D eigenvalue weighted by Crippen LogP contribution is -2.53. The van der Waals surface area contributed by atoms with Gasteiger partial charge in [-0.3, -0.25) is 13.9 Å². The maximum absolute atomic E-state index is 14.1. The van der Waals surface area contributed by atoms with E-state index in [-0.39, 0.29) is 39.1 Å². The summed E-state index contributed by atoms with van der Waals surface area (Å²) in [4.78, 5) is 28.8. The molecule has 218 valence electrons. The van der Waals surface area contributed by atoms with E-state index in [0.717, 1.165) is 36.4 Å². The Kier molecular flexibility index (Phi) is 10.6. The van der Waals surface area contributed by atoms with Crippen molar-refractivity contribution in [3.63, 3.8) is 0 Å². The van der Waals surface area contributed by atoms with Crippen LogP contribution in [0.4, 0.5) is 5.69 Å². The molecule has 1 atom stereocenters. The first kappa shape index (κ1) is 31.2. The largest absolute Gasteiger partial charge is 0.352 e. The molecule has 1 fully saturated rings. The number of rotatable bonds is 10. The molecule has 0 saturated heterocycles. The van der Waals surface area contributed by atoms with Crippen LogP contribution >= 0.6 is 34.8 Å². The lowest BCUT2D eigenvalue weighted by atomic mass is 9.95. The third-order valence-electron chi connectivity index (χ3n) is 7.16. The van der Waals surface area contributed by atoms with Crippen molar-refractivity contribution in [2.75, 3.05) is 10.8 Å². The van der Waals surface area contributed by atoms with Gasteiger partial charge in [0.1, 0.15) is 12.6 Å². The van der Waals surface area contributed by atoms with E-state index in [2.05, 4.69) is 5.32 Å². The van der Waals surface area contributed by atoms with E-state index in [1.54, 1.807) is 49.4 Å². The summed E-state index contributed by atoms with van der Waals surface area (Å²) in [6.45, 7) is 1.05. The van der Waals surface area contributed by atoms with Gasteiger partial charge in [0.05, 0.1) is 10.6 Å². The molecule has 11 heteroatoms. The Labute approximate surface area is 256 Å². The predicted molar refractivity (Wildman–Crippen MR) is 164 cm³/mol. The van der Waals surface area contributed by atoms with Crippen LogP contribution in [0.25, 0.3) is 0 Å². The summed E-state index contributed by atoms with van der Waals surface area (Å²) in [6, 6.07) is 18.3. The molecule has 3 aromatic carbocycles. The van der Waals surface area contributed by atoms with E-state index >= 15 is 0 Å². The Morgan fingerprint density at radius 2 is 1.51 bits per heavy atom. The number of hydrogen-bond donors (Lipinski definition) is 1. The zero-order valence-electron chi connectivity index (χ0n) is 22.6. The summed E-state index contributed by atoms with van der Waals surface area (Å²) < 4.78 is 28.7. The molecule has 1 saturated carbocycles. The van der Waals surface area contributed by atoms with Gasteiger partial charge >= 0.3 is 0 Å². The molecule has 0 aromatic heterocycles. The fourth-order valence-corrected chi connectivity index (χ4v) is 7.02. The van der Waals surface area contributed by atoms with Crippen molar-refractivity contribution >= 4 is 62.3 Å². The van der Waals surface area contributed by atoms with Crippen LogP contribution in [-0.4, -0.2) is 43.8 Å². The molecule has 3 aromatic rings. The van der Waals surface area contributed by atoms with Crippen LogP contribution in [-0.2, 0) is 26.2 Å². The zero-order chi connectivity index (χ0) is 29.6. The van der Waals surface area contributed by atoms with Gasteiger partial charge < -0.3 is 10.2 Å². The normalized spacial score (nSPS) is 14.7. The number of amides is 2. The Balaban J connectivity index is 1.70. The standard InChI is InChI=1S/C30H32Cl3N3O4S/c1-21(30(38)34-25-11-4-2-5-12-25)35(19-22-10-8-9-15-28(22)33)29(37)20-36(26-17-23(31)16-24(32)18-26)41(39,40)27-13-6-3-7-14-27/h3,6-10,13-18,21,25H,2,4-5,11-12,19-20H2,1H3,(H,34,38)/t21-/m1/s1. The predicted octanol–water partition coefficient (Wildman–Crippen LogP) is 6.71. The van der Waals surface area contributed by atoms with Gasteiger partial charge in [0, 0.05) is 27.7 Å². The molecule has 1 aliphatic carbocycles. The lowest BCUT2D eigenvalue weighted by molar-refractivity contribution is -0.139. The molecule has 0 bridgehead atoms. The number of hydrogen-bond acceptors (Lipinski definition) is 4. The first-order valence-corrected chi connectivity index (χ1v) is 16.0. The quantitative estimate of drug-likeness (QED) is 0.268. The smallest absolute Gasteiger partial charge is 0.264 e. The van der Waals surface area contributed by atoms with E-state index in [1.165, 1.54) is 35.2 Å². The van der Waals surface area contributed by atoms with Crippen LogP contribution in [0.3, 0.4) is 0 Å². The Bertz CT molecular complexity index is 1460. The summed E-state index contributed by atoms with van der Waals surface area (Å²) in [5.74, 6) is -0.896. The second-order valence-electron chi connectivity index (χ2n) is 10.1. The van der Waals surface area contributed by atoms with Crippen LogP contribution < -0.4 is 9.62 Å². The van der Waals surface area contributed by atoms with Crippen LogP contribution in [0.2, 0.25) is 15.1 Å². The average Bonchev–Trinajstić information content (AvgIpc) is 2.95. The Morgan fingerprint density at radius 1 is 0.902 bits per heavy atom. The average molecular weight is 637 g/mol. The summed E-state index contributed by atoms with van der Waals surface area (Å²) in [5, 5.41) is 3.93. The summed E-state index contributed by atoms with van der Waals surface area (Å²) >= 11 is 18.9. The molecule has 0 heterocycles. The van der Waals surface area contributed by atoms with Gasteiger partial charge in [-0.05, 0) is 61.7 Å². The number of sulfonamides is 1. The topological polar surface area (TPSA) is 86.8 Å². The molecule has 1 N–H and O–H groups in total. The van der Waals surface area contributed by atoms with Crippen LogP contribution in [0, 0.1) is 0 Å². The molecule has 4 rings (SSSR count). The maximum atomic E-state index is 14.1. The van der Waals surface area contributed by atoms with Crippen LogP contribution in [0.1, 0.15) is 44.6 Å². The molecular weight excluding hydrogens is 605 g/mol. The molecule has 0 unspecified atom stereocenters. The van der Waals surface area contributed by atoms with E-state index in [9.17, 15) is 18.0 Å². The minimum atomic E-state index is -4.22. The van der Waals surface area contributed by atoms with Gasteiger partial charge in [-0.25, -0.2) is 8.42 Å². The van der Waals surface area contributed by atoms with E-state index < -0.39 is 28.5 Å². The molecule has 2 amide bonds. The molecule has 1 aliphatic rings. The van der Waals surface area contributed by atoms with Crippen LogP contribution in [0.5, 0.6) is 0 Å². The second-order valence-corrected chi connectivity index (χ2v) is 13.2. The van der Waals surface area contributed by atoms with Crippen molar-refractivity contribution in [2.45, 2.75) is 62.6 Å². The molecule has 0 aliphatic heterocycles. The summed E-state index contributed by atoms with van der Waals surface area (Å²) in [7, 11) is -4.22. The van der Waals surface area contributed by atoms with Crippen molar-refractivity contribution < 1.29 is 18.0 Å². The number of carbonyl (C=O) groups excluding carboxylic acids is 2. The molecule has 0 spiro atoms. The summed E-state index contributed by atoms with van der Waals surface area (Å²) in [6.07, 6.45) is 4.98. The zero-order valence-corrected chi connectivity index (χ0v) is 25.7. The fourth-order valence-electron chi connectivity index (χ4n) is 4.89. The third kappa shape index (κ3) is 7.95. The first-order valence-electron chi connectivity index (χ1n) is 13.4. The van der Waals surface area contributed by atoms with E-state index in [0.29, 0.717) is 10.6 Å². The molecular formula is C30H32Cl3N3O4S. The monoisotopic (exact) mass is 635 g/mol. The minimum Gasteiger partial charge on any atom is -0.352 e. The van der Waals surface area contributed by atoms with E-state index in [4.69, 9.17) is 34.8 Å². The highest BCUT2D eigenvalue weighted by atomic mass is 35.5.